The summed E-state index contributed by atoms with van der Waals surface area (Å²) in [6.07, 6.45) is 3.66. The number of nitrogens with two attached hydrogens (primary N) is 1. The minimum atomic E-state index is -0.560. The monoisotopic (exact) mass is 384 g/mol. The van der Waals surface area contributed by atoms with E-state index < -0.39 is 6.04 Å². The topological polar surface area (TPSA) is 95.7 Å². The van der Waals surface area contributed by atoms with Gasteiger partial charge in [0.25, 0.3) is 5.91 Å². The zero-order chi connectivity index (χ0) is 19.9. The highest BCUT2D eigenvalue weighted by molar-refractivity contribution is 6.05. The van der Waals surface area contributed by atoms with Crippen molar-refractivity contribution in [2.45, 2.75) is 63.7 Å². The highest BCUT2D eigenvalue weighted by Crippen LogP contribution is 2.29. The van der Waals surface area contributed by atoms with Crippen LogP contribution in [0.25, 0.3) is 0 Å². The van der Waals surface area contributed by atoms with Gasteiger partial charge in [0.2, 0.25) is 11.8 Å². The van der Waals surface area contributed by atoms with E-state index in [2.05, 4.69) is 23.2 Å². The Morgan fingerprint density at radius 2 is 1.96 bits per heavy atom. The van der Waals surface area contributed by atoms with Gasteiger partial charge in [-0.2, -0.15) is 0 Å². The van der Waals surface area contributed by atoms with Crippen molar-refractivity contribution in [3.63, 3.8) is 0 Å². The van der Waals surface area contributed by atoms with Gasteiger partial charge in [0.1, 0.15) is 6.04 Å². The molecule has 0 aromatic heterocycles. The highest BCUT2D eigenvalue weighted by Gasteiger charge is 2.39. The van der Waals surface area contributed by atoms with Crippen LogP contribution in [0.15, 0.2) is 18.2 Å². The fraction of sp³-hybridized carbons (Fsp3) is 0.571. The van der Waals surface area contributed by atoms with E-state index >= 15 is 0 Å². The van der Waals surface area contributed by atoms with Gasteiger partial charge in [0.15, 0.2) is 0 Å². The van der Waals surface area contributed by atoms with Crippen molar-refractivity contribution >= 4 is 17.7 Å². The zero-order valence-electron chi connectivity index (χ0n) is 16.4. The average molecular weight is 384 g/mol. The Balaban J connectivity index is 1.43. The first kappa shape index (κ1) is 19.1. The Kier molecular flexibility index (Phi) is 4.97. The normalized spacial score (nSPS) is 25.0. The number of likely N-dealkylation sites (tertiary alicyclic amines) is 1. The molecule has 1 unspecified atom stereocenters. The van der Waals surface area contributed by atoms with Crippen molar-refractivity contribution < 1.29 is 14.4 Å². The second-order valence-electron chi connectivity index (χ2n) is 8.38. The SMILES string of the molecule is CCC1(N)CCN(Cc2ccc3c(c2)C(=O)N(C2CCC(=O)NC2=O)C3)CC1. The summed E-state index contributed by atoms with van der Waals surface area (Å²) in [5, 5.41) is 2.34. The maximum atomic E-state index is 12.9. The number of fused-ring (bicyclic) bond motifs is 1. The van der Waals surface area contributed by atoms with Crippen molar-refractivity contribution in [1.82, 2.24) is 15.1 Å². The van der Waals surface area contributed by atoms with Crippen LogP contribution in [0.5, 0.6) is 0 Å². The minimum absolute atomic E-state index is 0.0349. The van der Waals surface area contributed by atoms with E-state index in [0.29, 0.717) is 18.5 Å². The van der Waals surface area contributed by atoms with Crippen molar-refractivity contribution in [2.24, 2.45) is 5.73 Å². The largest absolute Gasteiger partial charge is 0.325 e. The number of hydrogen-bond donors (Lipinski definition) is 2. The van der Waals surface area contributed by atoms with Gasteiger partial charge in [-0.1, -0.05) is 19.1 Å². The van der Waals surface area contributed by atoms with Gasteiger partial charge < -0.3 is 10.6 Å². The van der Waals surface area contributed by atoms with Crippen LogP contribution in [0.1, 0.15) is 60.5 Å². The Bertz CT molecular complexity index is 814. The number of benzene rings is 1. The summed E-state index contributed by atoms with van der Waals surface area (Å²) in [5.41, 5.74) is 9.09. The summed E-state index contributed by atoms with van der Waals surface area (Å²) < 4.78 is 0. The number of nitrogens with one attached hydrogen (secondary N) is 1. The Labute approximate surface area is 165 Å². The molecule has 150 valence electrons. The molecule has 7 heteroatoms. The predicted octanol–water partition coefficient (Wildman–Crippen LogP) is 1.15. The molecule has 1 atom stereocenters. The summed E-state index contributed by atoms with van der Waals surface area (Å²) in [7, 11) is 0. The first-order chi connectivity index (χ1) is 13.4. The molecule has 0 spiro atoms. The van der Waals surface area contributed by atoms with Crippen LogP contribution in [0.3, 0.4) is 0 Å². The van der Waals surface area contributed by atoms with Gasteiger partial charge in [0, 0.05) is 43.7 Å². The van der Waals surface area contributed by atoms with Crippen LogP contribution in [0.4, 0.5) is 0 Å². The van der Waals surface area contributed by atoms with Crippen LogP contribution >= 0.6 is 0 Å². The molecule has 3 aliphatic rings. The molecule has 2 saturated heterocycles. The van der Waals surface area contributed by atoms with Crippen molar-refractivity contribution in [3.05, 3.63) is 34.9 Å². The Morgan fingerprint density at radius 1 is 1.21 bits per heavy atom. The first-order valence-corrected chi connectivity index (χ1v) is 10.2. The van der Waals surface area contributed by atoms with Gasteiger partial charge >= 0.3 is 0 Å². The number of carbonyl (C=O) groups excluding carboxylic acids is 3. The summed E-state index contributed by atoms with van der Waals surface area (Å²) in [5.74, 6) is -0.747. The lowest BCUT2D eigenvalue weighted by molar-refractivity contribution is -0.136. The molecule has 0 radical (unpaired) electrons. The molecule has 2 fully saturated rings. The molecule has 1 aromatic carbocycles. The van der Waals surface area contributed by atoms with Crippen LogP contribution in [-0.2, 0) is 22.7 Å². The lowest BCUT2D eigenvalue weighted by Gasteiger charge is -2.38. The quantitative estimate of drug-likeness (QED) is 0.760. The fourth-order valence-electron chi connectivity index (χ4n) is 4.47. The third-order valence-electron chi connectivity index (χ3n) is 6.55. The first-order valence-electron chi connectivity index (χ1n) is 10.2. The van der Waals surface area contributed by atoms with E-state index in [0.717, 1.165) is 50.0 Å². The lowest BCUT2D eigenvalue weighted by atomic mass is 9.86. The fourth-order valence-corrected chi connectivity index (χ4v) is 4.47. The lowest BCUT2D eigenvalue weighted by Crippen LogP contribution is -2.52. The minimum Gasteiger partial charge on any atom is -0.325 e. The van der Waals surface area contributed by atoms with E-state index in [-0.39, 0.29) is 29.7 Å². The average Bonchev–Trinajstić information content (AvgIpc) is 3.00. The second kappa shape index (κ2) is 7.29. The smallest absolute Gasteiger partial charge is 0.255 e. The number of nitrogens with zero attached hydrogens (tertiary/aromatic N) is 2. The van der Waals surface area contributed by atoms with Crippen molar-refractivity contribution in [3.8, 4) is 0 Å². The molecule has 0 bridgehead atoms. The van der Waals surface area contributed by atoms with Crippen LogP contribution in [0.2, 0.25) is 0 Å². The van der Waals surface area contributed by atoms with Crippen LogP contribution in [-0.4, -0.2) is 52.2 Å². The highest BCUT2D eigenvalue weighted by atomic mass is 16.2. The molecule has 28 heavy (non-hydrogen) atoms. The van der Waals surface area contributed by atoms with Gasteiger partial charge in [-0.15, -0.1) is 0 Å². The van der Waals surface area contributed by atoms with Gasteiger partial charge in [-0.25, -0.2) is 0 Å². The van der Waals surface area contributed by atoms with E-state index in [1.165, 1.54) is 0 Å². The molecule has 3 heterocycles. The third kappa shape index (κ3) is 3.56. The molecule has 3 aliphatic heterocycles. The molecule has 3 amide bonds. The van der Waals surface area contributed by atoms with Crippen LogP contribution < -0.4 is 11.1 Å². The number of carbonyl (C=O) groups is 3. The summed E-state index contributed by atoms with van der Waals surface area (Å²) >= 11 is 0. The molecule has 3 N–H and O–H groups in total. The van der Waals surface area contributed by atoms with E-state index in [4.69, 9.17) is 5.73 Å². The number of imide groups is 1. The summed E-state index contributed by atoms with van der Waals surface area (Å²) in [4.78, 5) is 40.4. The molecule has 1 aromatic rings. The Morgan fingerprint density at radius 3 is 2.64 bits per heavy atom. The third-order valence-corrected chi connectivity index (χ3v) is 6.55. The molecular weight excluding hydrogens is 356 g/mol. The van der Waals surface area contributed by atoms with Gasteiger partial charge in [-0.05, 0) is 42.9 Å². The number of hydrogen-bond acceptors (Lipinski definition) is 5. The maximum absolute atomic E-state index is 12.9. The van der Waals surface area contributed by atoms with Crippen molar-refractivity contribution in [2.75, 3.05) is 13.1 Å². The zero-order valence-corrected chi connectivity index (χ0v) is 16.4. The van der Waals surface area contributed by atoms with E-state index in [1.807, 2.05) is 12.1 Å². The molecule has 4 rings (SSSR count). The van der Waals surface area contributed by atoms with Crippen LogP contribution in [0, 0.1) is 0 Å². The number of piperidine rings is 2. The molecule has 7 nitrogen and oxygen atoms in total. The number of rotatable bonds is 4. The summed E-state index contributed by atoms with van der Waals surface area (Å²) in [6.45, 7) is 5.32. The molecule has 0 saturated carbocycles. The second-order valence-corrected chi connectivity index (χ2v) is 8.38. The summed E-state index contributed by atoms with van der Waals surface area (Å²) in [6, 6.07) is 5.48. The van der Waals surface area contributed by atoms with E-state index in [1.54, 1.807) is 4.90 Å². The molecular formula is C21H28N4O3. The molecule has 0 aliphatic carbocycles. The Hall–Kier alpha value is -2.25. The van der Waals surface area contributed by atoms with E-state index in [9.17, 15) is 14.4 Å². The maximum Gasteiger partial charge on any atom is 0.255 e. The van der Waals surface area contributed by atoms with Gasteiger partial charge in [0.05, 0.1) is 0 Å². The van der Waals surface area contributed by atoms with Gasteiger partial charge in [-0.3, -0.25) is 24.6 Å². The number of amides is 3. The van der Waals surface area contributed by atoms with Crippen molar-refractivity contribution in [1.29, 1.82) is 0 Å². The standard InChI is InChI=1S/C21H28N4O3/c1-2-21(22)7-9-24(10-8-21)12-14-3-4-15-13-25(20(28)16(15)11-14)17-5-6-18(26)23-19(17)27/h3-4,11,17H,2,5-10,12-13,22H2,1H3,(H,23,26,27). The predicted molar refractivity (Wildman–Crippen MR) is 104 cm³/mol.